The van der Waals surface area contributed by atoms with Crippen molar-refractivity contribution in [2.75, 3.05) is 0 Å². The van der Waals surface area contributed by atoms with Crippen molar-refractivity contribution in [3.8, 4) is 11.3 Å². The van der Waals surface area contributed by atoms with E-state index in [1.54, 1.807) is 0 Å². The van der Waals surface area contributed by atoms with Gasteiger partial charge in [-0.05, 0) is 31.5 Å². The molecule has 0 amide bonds. The van der Waals surface area contributed by atoms with Gasteiger partial charge in [-0.2, -0.15) is 4.57 Å². The number of aromatic nitrogens is 1. The van der Waals surface area contributed by atoms with Gasteiger partial charge in [0.25, 0.3) is 5.52 Å². The summed E-state index contributed by atoms with van der Waals surface area (Å²) in [5.41, 5.74) is 5.83. The van der Waals surface area contributed by atoms with Crippen molar-refractivity contribution in [2.24, 2.45) is 7.05 Å². The molecule has 0 atom stereocenters. The highest BCUT2D eigenvalue weighted by atomic mass is 16.3. The van der Waals surface area contributed by atoms with E-state index in [-0.39, 0.29) is 0 Å². The van der Waals surface area contributed by atoms with Crippen LogP contribution in [0, 0.1) is 13.8 Å². The molecular weight excluding hydrogens is 222 g/mol. The fourth-order valence-corrected chi connectivity index (χ4v) is 2.43. The quantitative estimate of drug-likeness (QED) is 0.593. The highest BCUT2D eigenvalue weighted by Crippen LogP contribution is 2.23. The van der Waals surface area contributed by atoms with Gasteiger partial charge < -0.3 is 4.42 Å². The van der Waals surface area contributed by atoms with Gasteiger partial charge in [0.2, 0.25) is 5.69 Å². The van der Waals surface area contributed by atoms with Crippen molar-refractivity contribution >= 4 is 11.1 Å². The summed E-state index contributed by atoms with van der Waals surface area (Å²) in [6.07, 6.45) is 0. The van der Waals surface area contributed by atoms with Gasteiger partial charge in [-0.25, -0.2) is 0 Å². The number of furan rings is 1. The lowest BCUT2D eigenvalue weighted by molar-refractivity contribution is -0.633. The maximum atomic E-state index is 5.65. The minimum absolute atomic E-state index is 0.937. The van der Waals surface area contributed by atoms with Gasteiger partial charge in [0.15, 0.2) is 5.58 Å². The van der Waals surface area contributed by atoms with Gasteiger partial charge in [0, 0.05) is 11.6 Å². The topological polar surface area (TPSA) is 17.0 Å². The van der Waals surface area contributed by atoms with E-state index >= 15 is 0 Å². The lowest BCUT2D eigenvalue weighted by atomic mass is 10.0. The Kier molecular flexibility index (Phi) is 2.44. The molecule has 0 bridgehead atoms. The fourth-order valence-electron chi connectivity index (χ4n) is 2.43. The van der Waals surface area contributed by atoms with Crippen LogP contribution >= 0.6 is 0 Å². The first kappa shape index (κ1) is 11.0. The molecule has 0 aliphatic carbocycles. The molecule has 0 aliphatic heterocycles. The van der Waals surface area contributed by atoms with Crippen LogP contribution in [0.3, 0.4) is 0 Å². The van der Waals surface area contributed by atoms with Crippen LogP contribution in [0.2, 0.25) is 0 Å². The summed E-state index contributed by atoms with van der Waals surface area (Å²) in [5.74, 6) is 0.947. The zero-order valence-electron chi connectivity index (χ0n) is 10.9. The molecule has 0 saturated carbocycles. The van der Waals surface area contributed by atoms with Crippen molar-refractivity contribution in [1.82, 2.24) is 0 Å². The Bertz CT molecular complexity index is 725. The molecule has 0 saturated heterocycles. The van der Waals surface area contributed by atoms with Crippen LogP contribution in [-0.4, -0.2) is 0 Å². The molecule has 2 nitrogen and oxygen atoms in total. The summed E-state index contributed by atoms with van der Waals surface area (Å²) in [5, 5.41) is 0. The minimum Gasteiger partial charge on any atom is -0.455 e. The molecule has 90 valence electrons. The van der Waals surface area contributed by atoms with Crippen LogP contribution in [0.4, 0.5) is 0 Å². The predicted octanol–water partition coefficient (Wildman–Crippen LogP) is 3.54. The number of rotatable bonds is 1. The smallest absolute Gasteiger partial charge is 0.251 e. The molecule has 3 aromatic rings. The fraction of sp³-hybridized carbons (Fsp3) is 0.188. The number of hydrogen-bond acceptors (Lipinski definition) is 1. The van der Waals surface area contributed by atoms with E-state index in [1.807, 2.05) is 13.0 Å². The summed E-state index contributed by atoms with van der Waals surface area (Å²) < 4.78 is 7.84. The molecule has 0 unspecified atom stereocenters. The summed E-state index contributed by atoms with van der Waals surface area (Å²) in [6.45, 7) is 4.12. The van der Waals surface area contributed by atoms with Crippen LogP contribution < -0.4 is 4.57 Å². The lowest BCUT2D eigenvalue weighted by Crippen LogP contribution is -2.31. The molecule has 0 fully saturated rings. The normalized spacial score (nSPS) is 11.1. The van der Waals surface area contributed by atoms with Gasteiger partial charge in [-0.3, -0.25) is 0 Å². The second kappa shape index (κ2) is 3.98. The number of hydrogen-bond donors (Lipinski definition) is 0. The van der Waals surface area contributed by atoms with Gasteiger partial charge in [0.05, 0.1) is 6.07 Å². The number of aryl methyl sites for hydroxylation is 3. The zero-order valence-corrected chi connectivity index (χ0v) is 10.9. The van der Waals surface area contributed by atoms with E-state index in [9.17, 15) is 0 Å². The molecule has 3 rings (SSSR count). The highest BCUT2D eigenvalue weighted by molar-refractivity contribution is 5.73. The van der Waals surface area contributed by atoms with E-state index in [0.717, 1.165) is 16.9 Å². The zero-order chi connectivity index (χ0) is 12.7. The molecule has 18 heavy (non-hydrogen) atoms. The third-order valence-electron chi connectivity index (χ3n) is 3.40. The number of pyridine rings is 1. The lowest BCUT2D eigenvalue weighted by Gasteiger charge is -2.03. The largest absolute Gasteiger partial charge is 0.455 e. The van der Waals surface area contributed by atoms with Gasteiger partial charge in [0.1, 0.15) is 12.8 Å². The monoisotopic (exact) mass is 238 g/mol. The summed E-state index contributed by atoms with van der Waals surface area (Å²) in [4.78, 5) is 0. The number of nitrogens with zero attached hydrogens (tertiary/aromatic N) is 1. The van der Waals surface area contributed by atoms with E-state index in [0.29, 0.717) is 0 Å². The molecule has 0 aliphatic rings. The molecule has 0 radical (unpaired) electrons. The van der Waals surface area contributed by atoms with Gasteiger partial charge in [-0.1, -0.05) is 18.2 Å². The van der Waals surface area contributed by atoms with Crippen molar-refractivity contribution in [3.05, 3.63) is 53.8 Å². The minimum atomic E-state index is 0.937. The molecule has 0 spiro atoms. The maximum absolute atomic E-state index is 5.65. The average Bonchev–Trinajstić information content (AvgIpc) is 2.73. The van der Waals surface area contributed by atoms with Crippen LogP contribution in [0.15, 0.2) is 46.9 Å². The van der Waals surface area contributed by atoms with Crippen LogP contribution in [-0.2, 0) is 7.05 Å². The van der Waals surface area contributed by atoms with Crippen LogP contribution in [0.1, 0.15) is 11.3 Å². The summed E-state index contributed by atoms with van der Waals surface area (Å²) in [6, 6.07) is 14.7. The maximum Gasteiger partial charge on any atom is 0.251 e. The van der Waals surface area contributed by atoms with Crippen molar-refractivity contribution in [1.29, 1.82) is 0 Å². The van der Waals surface area contributed by atoms with Crippen LogP contribution in [0.5, 0.6) is 0 Å². The molecule has 2 heterocycles. The van der Waals surface area contributed by atoms with Gasteiger partial charge in [-0.15, -0.1) is 0 Å². The van der Waals surface area contributed by atoms with E-state index in [1.165, 1.54) is 16.8 Å². The first-order chi connectivity index (χ1) is 8.66. The van der Waals surface area contributed by atoms with E-state index < -0.39 is 0 Å². The summed E-state index contributed by atoms with van der Waals surface area (Å²) >= 11 is 0. The third kappa shape index (κ3) is 1.61. The van der Waals surface area contributed by atoms with Crippen molar-refractivity contribution in [2.45, 2.75) is 13.8 Å². The van der Waals surface area contributed by atoms with Crippen molar-refractivity contribution < 1.29 is 8.98 Å². The highest BCUT2D eigenvalue weighted by Gasteiger charge is 2.17. The third-order valence-corrected chi connectivity index (χ3v) is 3.40. The Morgan fingerprint density at radius 1 is 1.00 bits per heavy atom. The Hall–Kier alpha value is -2.09. The first-order valence-corrected chi connectivity index (χ1v) is 6.12. The average molecular weight is 238 g/mol. The molecular formula is C16H16NO+. The molecule has 2 aromatic heterocycles. The first-order valence-electron chi connectivity index (χ1n) is 6.12. The predicted molar refractivity (Wildman–Crippen MR) is 72.3 cm³/mol. The van der Waals surface area contributed by atoms with Crippen molar-refractivity contribution in [3.63, 3.8) is 0 Å². The molecule has 1 aromatic carbocycles. The Balaban J connectivity index is 2.30. The molecule has 0 N–H and O–H groups in total. The molecule has 2 heteroatoms. The summed E-state index contributed by atoms with van der Waals surface area (Å²) in [7, 11) is 2.08. The van der Waals surface area contributed by atoms with E-state index in [4.69, 9.17) is 4.42 Å². The second-order valence-electron chi connectivity index (χ2n) is 4.70. The van der Waals surface area contributed by atoms with Crippen LogP contribution in [0.25, 0.3) is 22.4 Å². The Morgan fingerprint density at radius 2 is 1.78 bits per heavy atom. The Labute approximate surface area is 106 Å². The SMILES string of the molecule is Cc1cc2c(ccc(-c3ccccc3C)[n+]2C)o1. The Morgan fingerprint density at radius 3 is 2.56 bits per heavy atom. The van der Waals surface area contributed by atoms with Gasteiger partial charge >= 0.3 is 0 Å². The van der Waals surface area contributed by atoms with E-state index in [2.05, 4.69) is 54.9 Å². The standard InChI is InChI=1S/C16H16NO/c1-11-6-4-5-7-13(11)14-8-9-16-15(17(14)3)10-12(2)18-16/h4-10H,1-3H3/q+1. The number of benzene rings is 1. The second-order valence-corrected chi connectivity index (χ2v) is 4.70. The number of fused-ring (bicyclic) bond motifs is 1.